The molecule has 0 bridgehead atoms. The molecule has 0 unspecified atom stereocenters. The van der Waals surface area contributed by atoms with Crippen LogP contribution in [0.15, 0.2) is 170 Å². The normalized spacial score (nSPS) is 17.8. The number of fused-ring (bicyclic) bond motifs is 9. The summed E-state index contributed by atoms with van der Waals surface area (Å²) in [6.45, 7) is 53.0. The molecule has 0 N–H and O–H groups in total. The summed E-state index contributed by atoms with van der Waals surface area (Å²) in [7, 11) is 0. The minimum absolute atomic E-state index is 0.000945. The van der Waals surface area contributed by atoms with Crippen molar-refractivity contribution in [1.29, 1.82) is 0 Å². The van der Waals surface area contributed by atoms with Crippen LogP contribution in [0.3, 0.4) is 0 Å². The first-order valence-corrected chi connectivity index (χ1v) is 35.0. The molecule has 4 heteroatoms. The van der Waals surface area contributed by atoms with E-state index in [0.717, 1.165) is 42.7 Å². The molecule has 0 spiro atoms. The monoisotopic (exact) mass is 1220 g/mol. The second kappa shape index (κ2) is 20.7. The van der Waals surface area contributed by atoms with Crippen molar-refractivity contribution >= 4 is 74.3 Å². The third-order valence-corrected chi connectivity index (χ3v) is 23.2. The molecule has 3 aliphatic carbocycles. The van der Waals surface area contributed by atoms with Crippen molar-refractivity contribution in [2.45, 2.75) is 227 Å². The second-order valence-electron chi connectivity index (χ2n) is 36.1. The molecule has 3 nitrogen and oxygen atoms in total. The zero-order valence-corrected chi connectivity index (χ0v) is 60.4. The van der Waals surface area contributed by atoms with E-state index in [1.54, 1.807) is 0 Å². The summed E-state index contributed by atoms with van der Waals surface area (Å²) in [5, 5.41) is 0. The molecule has 5 aliphatic rings. The molecule has 0 saturated carbocycles. The molecule has 93 heavy (non-hydrogen) atoms. The second-order valence-corrected chi connectivity index (χ2v) is 36.1. The van der Waals surface area contributed by atoms with Crippen molar-refractivity contribution in [2.24, 2.45) is 0 Å². The van der Waals surface area contributed by atoms with Gasteiger partial charge in [0.05, 0.1) is 11.4 Å². The van der Waals surface area contributed by atoms with E-state index in [9.17, 15) is 0 Å². The van der Waals surface area contributed by atoms with E-state index >= 15 is 0 Å². The van der Waals surface area contributed by atoms with Crippen LogP contribution in [0.25, 0.3) is 22.3 Å². The molecule has 9 aromatic carbocycles. The van der Waals surface area contributed by atoms with Gasteiger partial charge < -0.3 is 14.7 Å². The summed E-state index contributed by atoms with van der Waals surface area (Å²) in [4.78, 5) is 8.08. The summed E-state index contributed by atoms with van der Waals surface area (Å²) >= 11 is 0. The first kappa shape index (κ1) is 62.9. The highest BCUT2D eigenvalue weighted by Crippen LogP contribution is 2.58. The van der Waals surface area contributed by atoms with Gasteiger partial charge in [-0.3, -0.25) is 0 Å². The summed E-state index contributed by atoms with van der Waals surface area (Å²) in [6.07, 6.45) is 4.57. The molecule has 0 aromatic heterocycles. The van der Waals surface area contributed by atoms with E-state index in [1.165, 1.54) is 128 Å². The number of anilines is 9. The molecule has 0 fully saturated rings. The first-order chi connectivity index (χ1) is 43.3. The maximum absolute atomic E-state index is 2.76. The Morgan fingerprint density at radius 1 is 0.323 bits per heavy atom. The lowest BCUT2D eigenvalue weighted by atomic mass is 9.33. The fraction of sp³-hybridized carbons (Fsp3) is 0.393. The maximum atomic E-state index is 2.76. The lowest BCUT2D eigenvalue weighted by Crippen LogP contribution is -2.62. The van der Waals surface area contributed by atoms with Gasteiger partial charge in [0.1, 0.15) is 0 Å². The van der Waals surface area contributed by atoms with Crippen LogP contribution in [-0.4, -0.2) is 6.71 Å². The molecule has 0 saturated heterocycles. The van der Waals surface area contributed by atoms with E-state index in [4.69, 9.17) is 0 Å². The number of nitrogens with zero attached hydrogens (tertiary/aromatic N) is 3. The van der Waals surface area contributed by atoms with Crippen molar-refractivity contribution in [3.8, 4) is 22.3 Å². The Balaban J connectivity index is 1.18. The highest BCUT2D eigenvalue weighted by atomic mass is 15.2. The average Bonchev–Trinajstić information content (AvgIpc) is 1.56. The molecule has 14 rings (SSSR count). The van der Waals surface area contributed by atoms with Gasteiger partial charge in [0.2, 0.25) is 0 Å². The standard InChI is InChI=1S/C89H102BN3/c1-81(2,3)56-28-34-60(35-29-56)91(61-36-30-57(31-37-61)82(4,5)6)63-49-78-80-79(50-63)93(75-41-33-58(83(7,8)9)46-65(75)55-26-24-23-25-27-55)77-53-69-66(64-39-32-59(84(10,11)12)47-68(64)89(69,21)22)51-73(77)90(80)74-52-71-72(88(19,20)45-44-87(71,17)18)54-76(74)92(78)62-38-40-67-70(48-62)86(15,16)43-42-85(67,13)14/h23-41,46-54H,42-45H2,1-22H3. The van der Waals surface area contributed by atoms with E-state index in [-0.39, 0.29) is 55.4 Å². The van der Waals surface area contributed by atoms with Gasteiger partial charge in [-0.25, -0.2) is 0 Å². The Hall–Kier alpha value is -7.56. The SMILES string of the molecule is CC(C)(C)c1ccc(N(c2ccc(C(C)(C)C)cc2)c2cc3c4c(c2)N(c2ccc(C(C)(C)C)cc2-c2ccccc2)c2cc5c(cc2B4c2cc4c(cc2N3c2ccc3c(c2)C(C)(C)CCC3(C)C)C(C)(C)CCC4(C)C)-c2ccc(C(C)(C)C)cc2C5(C)C)cc1. The van der Waals surface area contributed by atoms with Gasteiger partial charge in [-0.05, 0) is 231 Å². The predicted octanol–water partition coefficient (Wildman–Crippen LogP) is 23.1. The quantitative estimate of drug-likeness (QED) is 0.154. The van der Waals surface area contributed by atoms with Crippen LogP contribution >= 0.6 is 0 Å². The highest BCUT2D eigenvalue weighted by Gasteiger charge is 2.50. The van der Waals surface area contributed by atoms with Crippen LogP contribution in [0.1, 0.15) is 234 Å². The Morgan fingerprint density at radius 2 is 0.763 bits per heavy atom. The van der Waals surface area contributed by atoms with Crippen LogP contribution in [0.4, 0.5) is 51.2 Å². The zero-order valence-electron chi connectivity index (χ0n) is 60.4. The number of rotatable bonds is 6. The fourth-order valence-corrected chi connectivity index (χ4v) is 16.8. The van der Waals surface area contributed by atoms with Gasteiger partial charge in [0.25, 0.3) is 6.71 Å². The smallest absolute Gasteiger partial charge is 0.252 e. The van der Waals surface area contributed by atoms with Gasteiger partial charge >= 0.3 is 0 Å². The third-order valence-electron chi connectivity index (χ3n) is 23.2. The van der Waals surface area contributed by atoms with Crippen LogP contribution < -0.4 is 31.1 Å². The molecule has 0 amide bonds. The van der Waals surface area contributed by atoms with Gasteiger partial charge in [0.15, 0.2) is 0 Å². The maximum Gasteiger partial charge on any atom is 0.252 e. The molecule has 9 aromatic rings. The zero-order chi connectivity index (χ0) is 66.4. The molecule has 2 aliphatic heterocycles. The van der Waals surface area contributed by atoms with Gasteiger partial charge in [-0.2, -0.15) is 0 Å². The Bertz CT molecular complexity index is 4440. The van der Waals surface area contributed by atoms with E-state index in [2.05, 4.69) is 337 Å². The van der Waals surface area contributed by atoms with Crippen molar-refractivity contribution < 1.29 is 0 Å². The van der Waals surface area contributed by atoms with Crippen molar-refractivity contribution in [3.05, 3.63) is 225 Å². The molecule has 0 atom stereocenters. The summed E-state index contributed by atoms with van der Waals surface area (Å²) < 4.78 is 0. The van der Waals surface area contributed by atoms with Crippen LogP contribution in [0.2, 0.25) is 0 Å². The number of hydrogen-bond acceptors (Lipinski definition) is 3. The first-order valence-electron chi connectivity index (χ1n) is 35.0. The fourth-order valence-electron chi connectivity index (χ4n) is 16.8. The summed E-state index contributed by atoms with van der Waals surface area (Å²) in [5.41, 5.74) is 33.6. The number of hydrogen-bond donors (Lipinski definition) is 0. The Morgan fingerprint density at radius 3 is 1.31 bits per heavy atom. The van der Waals surface area contributed by atoms with Crippen molar-refractivity contribution in [2.75, 3.05) is 14.7 Å². The summed E-state index contributed by atoms with van der Waals surface area (Å²) in [6, 6.07) is 68.8. The van der Waals surface area contributed by atoms with Crippen LogP contribution in [0, 0.1) is 0 Å². The van der Waals surface area contributed by atoms with Gasteiger partial charge in [0, 0.05) is 50.8 Å². The van der Waals surface area contributed by atoms with E-state index in [1.807, 2.05) is 0 Å². The topological polar surface area (TPSA) is 9.72 Å². The lowest BCUT2D eigenvalue weighted by Gasteiger charge is -2.48. The molecule has 2 heterocycles. The predicted molar refractivity (Wildman–Crippen MR) is 404 cm³/mol. The van der Waals surface area contributed by atoms with Crippen molar-refractivity contribution in [1.82, 2.24) is 0 Å². The van der Waals surface area contributed by atoms with E-state index in [0.29, 0.717) is 0 Å². The molecular weight excluding hydrogens is 1120 g/mol. The van der Waals surface area contributed by atoms with Gasteiger partial charge in [-0.1, -0.05) is 249 Å². The lowest BCUT2D eigenvalue weighted by molar-refractivity contribution is 0.332. The highest BCUT2D eigenvalue weighted by molar-refractivity contribution is 7.00. The number of benzene rings is 9. The van der Waals surface area contributed by atoms with Crippen molar-refractivity contribution in [3.63, 3.8) is 0 Å². The molecule has 0 radical (unpaired) electrons. The average molecular weight is 1220 g/mol. The Labute approximate surface area is 560 Å². The minimum atomic E-state index is -0.280. The Kier molecular flexibility index (Phi) is 14.0. The largest absolute Gasteiger partial charge is 0.311 e. The van der Waals surface area contributed by atoms with E-state index < -0.39 is 0 Å². The molecule has 476 valence electrons. The van der Waals surface area contributed by atoms with Gasteiger partial charge in [-0.15, -0.1) is 0 Å². The summed E-state index contributed by atoms with van der Waals surface area (Å²) in [5.74, 6) is 0. The van der Waals surface area contributed by atoms with Crippen LogP contribution in [0.5, 0.6) is 0 Å². The molecular formula is C89H102BN3. The van der Waals surface area contributed by atoms with Crippen LogP contribution in [-0.2, 0) is 48.7 Å². The minimum Gasteiger partial charge on any atom is -0.311 e. The third kappa shape index (κ3) is 10.2.